The predicted octanol–water partition coefficient (Wildman–Crippen LogP) is 2.66. The van der Waals surface area contributed by atoms with Gasteiger partial charge in [0.15, 0.2) is 0 Å². The molecule has 1 atom stereocenters. The molecule has 2 N–H and O–H groups in total. The van der Waals surface area contributed by atoms with E-state index in [0.717, 1.165) is 31.4 Å². The number of hydrogen-bond acceptors (Lipinski definition) is 3. The third-order valence-electron chi connectivity index (χ3n) is 4.44. The highest BCUT2D eigenvalue weighted by Crippen LogP contribution is 2.37. The van der Waals surface area contributed by atoms with Crippen LogP contribution in [0.2, 0.25) is 0 Å². The maximum absolute atomic E-state index is 11.6. The van der Waals surface area contributed by atoms with E-state index in [9.17, 15) is 9.90 Å². The lowest BCUT2D eigenvalue weighted by molar-refractivity contribution is -0.140. The summed E-state index contributed by atoms with van der Waals surface area (Å²) in [5, 5.41) is 12.9. The van der Waals surface area contributed by atoms with Gasteiger partial charge in [-0.3, -0.25) is 10.1 Å². The number of aliphatic carboxylic acids is 1. The van der Waals surface area contributed by atoms with Crippen molar-refractivity contribution in [2.75, 3.05) is 0 Å². The van der Waals surface area contributed by atoms with Crippen molar-refractivity contribution in [3.8, 4) is 0 Å². The molecule has 5 nitrogen and oxygen atoms in total. The first-order valence-corrected chi connectivity index (χ1v) is 7.76. The average Bonchev–Trinajstić information content (AvgIpc) is 3.21. The number of imidazole rings is 1. The van der Waals surface area contributed by atoms with E-state index in [1.54, 1.807) is 12.5 Å². The quantitative estimate of drug-likeness (QED) is 0.812. The summed E-state index contributed by atoms with van der Waals surface area (Å²) in [5.41, 5.74) is 0.809. The van der Waals surface area contributed by atoms with Crippen molar-refractivity contribution in [1.82, 2.24) is 14.9 Å². The highest BCUT2D eigenvalue weighted by atomic mass is 16.4. The number of carbonyl (C=O) groups is 1. The molecule has 0 radical (unpaired) electrons. The van der Waals surface area contributed by atoms with Gasteiger partial charge in [0.1, 0.15) is 6.04 Å². The molecule has 2 saturated carbocycles. The van der Waals surface area contributed by atoms with Crippen LogP contribution in [-0.2, 0) is 4.79 Å². The van der Waals surface area contributed by atoms with Gasteiger partial charge in [-0.2, -0.15) is 0 Å². The van der Waals surface area contributed by atoms with Crippen molar-refractivity contribution in [3.63, 3.8) is 0 Å². The zero-order chi connectivity index (χ0) is 13.9. The monoisotopic (exact) mass is 277 g/mol. The number of aromatic nitrogens is 2. The third kappa shape index (κ3) is 3.03. The fourth-order valence-electron chi connectivity index (χ4n) is 3.16. The Bertz CT molecular complexity index is 459. The van der Waals surface area contributed by atoms with Gasteiger partial charge in [0.05, 0.1) is 18.2 Å². The minimum absolute atomic E-state index is 0.321. The van der Waals surface area contributed by atoms with E-state index in [4.69, 9.17) is 0 Å². The Hall–Kier alpha value is -1.36. The van der Waals surface area contributed by atoms with Gasteiger partial charge >= 0.3 is 5.97 Å². The van der Waals surface area contributed by atoms with Gasteiger partial charge in [0, 0.05) is 12.1 Å². The molecule has 0 saturated heterocycles. The van der Waals surface area contributed by atoms with E-state index in [2.05, 4.69) is 10.3 Å². The molecule has 20 heavy (non-hydrogen) atoms. The van der Waals surface area contributed by atoms with Crippen LogP contribution in [0.4, 0.5) is 0 Å². The van der Waals surface area contributed by atoms with Crippen LogP contribution in [-0.4, -0.2) is 26.7 Å². The van der Waals surface area contributed by atoms with Crippen molar-refractivity contribution in [3.05, 3.63) is 18.2 Å². The number of nitrogens with zero attached hydrogens (tertiary/aromatic N) is 2. The third-order valence-corrected chi connectivity index (χ3v) is 4.44. The van der Waals surface area contributed by atoms with Crippen LogP contribution in [0.25, 0.3) is 0 Å². The lowest BCUT2D eigenvalue weighted by atomic mass is 10.1. The molecule has 2 aliphatic carbocycles. The number of nitrogens with one attached hydrogen (secondary N) is 1. The summed E-state index contributed by atoms with van der Waals surface area (Å²) < 4.78 is 2.04. The molecule has 0 aliphatic heterocycles. The molecule has 1 unspecified atom stereocenters. The van der Waals surface area contributed by atoms with E-state index in [1.165, 1.54) is 25.7 Å². The zero-order valence-corrected chi connectivity index (χ0v) is 11.8. The molecule has 5 heteroatoms. The first kappa shape index (κ1) is 13.6. The van der Waals surface area contributed by atoms with Crippen molar-refractivity contribution in [1.29, 1.82) is 0 Å². The van der Waals surface area contributed by atoms with Crippen LogP contribution < -0.4 is 5.32 Å². The summed E-state index contributed by atoms with van der Waals surface area (Å²) in [6.45, 7) is 0. The maximum atomic E-state index is 11.6. The van der Waals surface area contributed by atoms with Gasteiger partial charge in [-0.25, -0.2) is 4.98 Å². The van der Waals surface area contributed by atoms with Crippen LogP contribution in [0.3, 0.4) is 0 Å². The zero-order valence-electron chi connectivity index (χ0n) is 11.8. The van der Waals surface area contributed by atoms with Crippen LogP contribution in [0.1, 0.15) is 69.1 Å². The van der Waals surface area contributed by atoms with Crippen LogP contribution >= 0.6 is 0 Å². The molecule has 0 aromatic carbocycles. The smallest absolute Gasteiger partial charge is 0.326 e. The molecule has 1 aromatic heterocycles. The van der Waals surface area contributed by atoms with E-state index in [1.807, 2.05) is 4.57 Å². The maximum Gasteiger partial charge on any atom is 0.326 e. The van der Waals surface area contributed by atoms with Crippen LogP contribution in [0, 0.1) is 0 Å². The highest BCUT2D eigenvalue weighted by molar-refractivity contribution is 5.75. The molecule has 3 rings (SSSR count). The normalized spacial score (nSPS) is 22.4. The molecule has 110 valence electrons. The number of carboxylic acids is 1. The fraction of sp³-hybridized carbons (Fsp3) is 0.733. The molecule has 1 aromatic rings. The van der Waals surface area contributed by atoms with Gasteiger partial charge < -0.3 is 9.67 Å². The molecule has 0 bridgehead atoms. The molecule has 0 spiro atoms. The highest BCUT2D eigenvalue weighted by Gasteiger charge is 2.32. The predicted molar refractivity (Wildman–Crippen MR) is 75.5 cm³/mol. The van der Waals surface area contributed by atoms with Gasteiger partial charge in [0.2, 0.25) is 0 Å². The minimum atomic E-state index is -0.795. The van der Waals surface area contributed by atoms with E-state index < -0.39 is 12.0 Å². The molecule has 1 heterocycles. The van der Waals surface area contributed by atoms with Crippen LogP contribution in [0.5, 0.6) is 0 Å². The van der Waals surface area contributed by atoms with E-state index in [-0.39, 0.29) is 0 Å². The van der Waals surface area contributed by atoms with Crippen molar-refractivity contribution in [2.45, 2.75) is 69.5 Å². The molecular formula is C15H23N3O2. The molecular weight excluding hydrogens is 254 g/mol. The van der Waals surface area contributed by atoms with E-state index >= 15 is 0 Å². The van der Waals surface area contributed by atoms with Gasteiger partial charge in [-0.1, -0.05) is 25.7 Å². The lowest BCUT2D eigenvalue weighted by Crippen LogP contribution is -2.37. The Morgan fingerprint density at radius 2 is 1.95 bits per heavy atom. The summed E-state index contributed by atoms with van der Waals surface area (Å²) in [6, 6.07) is 0.160. The largest absolute Gasteiger partial charge is 0.480 e. The average molecular weight is 277 g/mol. The second-order valence-electron chi connectivity index (χ2n) is 6.08. The van der Waals surface area contributed by atoms with Crippen molar-refractivity contribution < 1.29 is 9.90 Å². The summed E-state index contributed by atoms with van der Waals surface area (Å²) in [4.78, 5) is 15.8. The number of rotatable bonds is 5. The fourth-order valence-corrected chi connectivity index (χ4v) is 3.16. The number of carboxylic acid groups (broad SMARTS) is 1. The first-order chi connectivity index (χ1) is 9.75. The van der Waals surface area contributed by atoms with E-state index in [0.29, 0.717) is 12.1 Å². The summed E-state index contributed by atoms with van der Waals surface area (Å²) in [5.74, 6) is -0.795. The van der Waals surface area contributed by atoms with Gasteiger partial charge in [-0.05, 0) is 25.7 Å². The van der Waals surface area contributed by atoms with Crippen LogP contribution in [0.15, 0.2) is 12.5 Å². The Kier molecular flexibility index (Phi) is 4.05. The molecule has 0 amide bonds. The Morgan fingerprint density at radius 3 is 2.55 bits per heavy atom. The molecule has 2 aliphatic rings. The second-order valence-corrected chi connectivity index (χ2v) is 6.08. The topological polar surface area (TPSA) is 67.2 Å². The summed E-state index contributed by atoms with van der Waals surface area (Å²) in [6.07, 6.45) is 12.9. The lowest BCUT2D eigenvalue weighted by Gasteiger charge is -2.23. The first-order valence-electron chi connectivity index (χ1n) is 7.76. The SMILES string of the molecule is O=C(O)C(NC1CCCCCC1)c1cncn1C1CC1. The Balaban J connectivity index is 1.74. The van der Waals surface area contributed by atoms with Gasteiger partial charge in [0.25, 0.3) is 0 Å². The Labute approximate surface area is 119 Å². The van der Waals surface area contributed by atoms with Crippen molar-refractivity contribution in [2.24, 2.45) is 0 Å². The van der Waals surface area contributed by atoms with Crippen molar-refractivity contribution >= 4 is 5.97 Å². The number of hydrogen-bond donors (Lipinski definition) is 2. The summed E-state index contributed by atoms with van der Waals surface area (Å²) in [7, 11) is 0. The minimum Gasteiger partial charge on any atom is -0.480 e. The second kappa shape index (κ2) is 5.95. The summed E-state index contributed by atoms with van der Waals surface area (Å²) >= 11 is 0. The Morgan fingerprint density at radius 1 is 1.25 bits per heavy atom. The molecule has 2 fully saturated rings. The standard InChI is InChI=1S/C15H23N3O2/c19-15(20)14(17-11-5-3-1-2-4-6-11)13-9-16-10-18(13)12-7-8-12/h9-12,14,17H,1-8H2,(H,19,20). The van der Waals surface area contributed by atoms with Gasteiger partial charge in [-0.15, -0.1) is 0 Å².